The van der Waals surface area contributed by atoms with Gasteiger partial charge >= 0.3 is 0 Å². The first-order chi connectivity index (χ1) is 14.9. The number of hydrogen-bond acceptors (Lipinski definition) is 5. The third kappa shape index (κ3) is 5.66. The quantitative estimate of drug-likeness (QED) is 0.519. The molecule has 2 heterocycles. The van der Waals surface area contributed by atoms with Crippen molar-refractivity contribution >= 4 is 21.4 Å². The number of nitrogens with one attached hydrogen (secondary N) is 1. The van der Waals surface area contributed by atoms with E-state index in [0.29, 0.717) is 29.2 Å². The molecule has 3 aromatic rings. The molecule has 0 radical (unpaired) electrons. The van der Waals surface area contributed by atoms with Gasteiger partial charge in [0.2, 0.25) is 0 Å². The van der Waals surface area contributed by atoms with Gasteiger partial charge in [0.05, 0.1) is 11.6 Å². The van der Waals surface area contributed by atoms with Crippen LogP contribution in [-0.2, 0) is 23.0 Å². The predicted octanol–water partition coefficient (Wildman–Crippen LogP) is 5.12. The van der Waals surface area contributed by atoms with Gasteiger partial charge in [-0.05, 0) is 57.7 Å². The standard InChI is InChI=1S/C24H30N4O2S2/c1-16(2)11-20-13-22(23(31-20)32(29,30)27-24(4,5)6)21-8-7-18(12-19(21)14-25)15-28-10-9-26-17(28)3/h7-10,12-13,16,27H,11,15H2,1-6H3. The summed E-state index contributed by atoms with van der Waals surface area (Å²) >= 11 is 1.29. The molecule has 0 saturated carbocycles. The van der Waals surface area contributed by atoms with Crippen molar-refractivity contribution in [3.05, 3.63) is 58.5 Å². The van der Waals surface area contributed by atoms with Gasteiger partial charge in [0, 0.05) is 40.5 Å². The van der Waals surface area contributed by atoms with Crippen LogP contribution >= 0.6 is 11.3 Å². The van der Waals surface area contributed by atoms with Crippen LogP contribution in [0, 0.1) is 24.2 Å². The Morgan fingerprint density at radius 3 is 2.50 bits per heavy atom. The Bertz CT molecular complexity index is 1260. The van der Waals surface area contributed by atoms with Crippen molar-refractivity contribution in [3.8, 4) is 17.2 Å². The average Bonchev–Trinajstić information content (AvgIpc) is 3.26. The summed E-state index contributed by atoms with van der Waals surface area (Å²) in [6.45, 7) is 12.2. The SMILES string of the molecule is Cc1nccn1Cc1ccc(-c2cc(CC(C)C)sc2S(=O)(=O)NC(C)(C)C)c(C#N)c1. The average molecular weight is 471 g/mol. The summed E-state index contributed by atoms with van der Waals surface area (Å²) in [7, 11) is -3.75. The number of nitriles is 1. The highest BCUT2D eigenvalue weighted by molar-refractivity contribution is 7.91. The van der Waals surface area contributed by atoms with Crippen molar-refractivity contribution in [2.24, 2.45) is 5.92 Å². The lowest BCUT2D eigenvalue weighted by Crippen LogP contribution is -2.40. The van der Waals surface area contributed by atoms with E-state index in [1.165, 1.54) is 11.3 Å². The lowest BCUT2D eigenvalue weighted by molar-refractivity contribution is 0.493. The molecule has 0 amide bonds. The molecule has 0 spiro atoms. The fraction of sp³-hybridized carbons (Fsp3) is 0.417. The van der Waals surface area contributed by atoms with Gasteiger partial charge in [0.1, 0.15) is 10.0 Å². The van der Waals surface area contributed by atoms with E-state index >= 15 is 0 Å². The number of hydrogen-bond donors (Lipinski definition) is 1. The molecule has 8 heteroatoms. The number of rotatable bonds is 7. The van der Waals surface area contributed by atoms with Crippen molar-refractivity contribution in [1.82, 2.24) is 14.3 Å². The lowest BCUT2D eigenvalue weighted by atomic mass is 9.99. The zero-order valence-corrected chi connectivity index (χ0v) is 21.1. The van der Waals surface area contributed by atoms with E-state index in [4.69, 9.17) is 0 Å². The summed E-state index contributed by atoms with van der Waals surface area (Å²) < 4.78 is 31.6. The number of sulfonamides is 1. The lowest BCUT2D eigenvalue weighted by Gasteiger charge is -2.20. The van der Waals surface area contributed by atoms with Crippen LogP contribution in [0.1, 0.15) is 56.4 Å². The topological polar surface area (TPSA) is 87.8 Å². The number of nitrogens with zero attached hydrogens (tertiary/aromatic N) is 3. The van der Waals surface area contributed by atoms with Crippen molar-refractivity contribution in [1.29, 1.82) is 5.26 Å². The van der Waals surface area contributed by atoms with Gasteiger partial charge in [-0.1, -0.05) is 26.0 Å². The number of benzene rings is 1. The van der Waals surface area contributed by atoms with Crippen LogP contribution in [0.2, 0.25) is 0 Å². The molecule has 6 nitrogen and oxygen atoms in total. The van der Waals surface area contributed by atoms with E-state index in [-0.39, 0.29) is 4.21 Å². The summed E-state index contributed by atoms with van der Waals surface area (Å²) in [5.41, 5.74) is 2.04. The van der Waals surface area contributed by atoms with Crippen molar-refractivity contribution < 1.29 is 8.42 Å². The van der Waals surface area contributed by atoms with Crippen molar-refractivity contribution in [3.63, 3.8) is 0 Å². The zero-order valence-electron chi connectivity index (χ0n) is 19.4. The fourth-order valence-electron chi connectivity index (χ4n) is 3.55. The van der Waals surface area contributed by atoms with Gasteiger partial charge in [-0.25, -0.2) is 18.1 Å². The molecular formula is C24H30N4O2S2. The van der Waals surface area contributed by atoms with E-state index in [0.717, 1.165) is 22.7 Å². The van der Waals surface area contributed by atoms with Crippen LogP contribution in [0.5, 0.6) is 0 Å². The highest BCUT2D eigenvalue weighted by atomic mass is 32.2. The molecule has 0 fully saturated rings. The summed E-state index contributed by atoms with van der Waals surface area (Å²) in [6.07, 6.45) is 4.42. The summed E-state index contributed by atoms with van der Waals surface area (Å²) in [5.74, 6) is 1.29. The maximum atomic E-state index is 13.3. The van der Waals surface area contributed by atoms with Gasteiger partial charge in [-0.2, -0.15) is 5.26 Å². The molecule has 0 bridgehead atoms. The molecule has 0 unspecified atom stereocenters. The van der Waals surface area contributed by atoms with Crippen LogP contribution in [0.15, 0.2) is 40.9 Å². The molecule has 1 N–H and O–H groups in total. The highest BCUT2D eigenvalue weighted by Gasteiger charge is 2.28. The Kier molecular flexibility index (Phi) is 6.94. The number of aromatic nitrogens is 2. The fourth-order valence-corrected chi connectivity index (χ4v) is 6.90. The second kappa shape index (κ2) is 9.18. The Balaban J connectivity index is 2.10. The number of aryl methyl sites for hydroxylation is 1. The smallest absolute Gasteiger partial charge is 0.251 e. The van der Waals surface area contributed by atoms with E-state index in [9.17, 15) is 13.7 Å². The first kappa shape index (κ1) is 24.2. The molecule has 0 aliphatic heterocycles. The van der Waals surface area contributed by atoms with Crippen LogP contribution < -0.4 is 4.72 Å². The van der Waals surface area contributed by atoms with E-state index in [1.807, 2.05) is 62.7 Å². The third-order valence-electron chi connectivity index (χ3n) is 4.81. The normalized spacial score (nSPS) is 12.3. The zero-order chi connectivity index (χ0) is 23.7. The molecule has 3 rings (SSSR count). The van der Waals surface area contributed by atoms with Gasteiger partial charge in [-0.3, -0.25) is 0 Å². The largest absolute Gasteiger partial charge is 0.331 e. The van der Waals surface area contributed by atoms with Gasteiger partial charge in [0.15, 0.2) is 0 Å². The molecular weight excluding hydrogens is 440 g/mol. The van der Waals surface area contributed by atoms with Gasteiger partial charge < -0.3 is 4.57 Å². The molecule has 0 saturated heterocycles. The molecule has 0 aliphatic rings. The predicted molar refractivity (Wildman–Crippen MR) is 129 cm³/mol. The maximum Gasteiger partial charge on any atom is 0.251 e. The number of imidazole rings is 1. The first-order valence-corrected chi connectivity index (χ1v) is 12.9. The maximum absolute atomic E-state index is 13.3. The Morgan fingerprint density at radius 2 is 1.94 bits per heavy atom. The Labute approximate surface area is 195 Å². The monoisotopic (exact) mass is 470 g/mol. The molecule has 1 aromatic carbocycles. The Morgan fingerprint density at radius 1 is 1.22 bits per heavy atom. The minimum absolute atomic E-state index is 0.262. The van der Waals surface area contributed by atoms with E-state index < -0.39 is 15.6 Å². The molecule has 2 aromatic heterocycles. The van der Waals surface area contributed by atoms with Crippen LogP contribution in [0.25, 0.3) is 11.1 Å². The van der Waals surface area contributed by atoms with Crippen LogP contribution in [-0.4, -0.2) is 23.5 Å². The molecule has 32 heavy (non-hydrogen) atoms. The molecule has 0 aliphatic carbocycles. The molecule has 170 valence electrons. The van der Waals surface area contributed by atoms with Crippen LogP contribution in [0.3, 0.4) is 0 Å². The summed E-state index contributed by atoms with van der Waals surface area (Å²) in [5, 5.41) is 9.89. The molecule has 0 atom stereocenters. The van der Waals surface area contributed by atoms with Gasteiger partial charge in [0.25, 0.3) is 10.0 Å². The summed E-state index contributed by atoms with van der Waals surface area (Å²) in [6, 6.07) is 9.84. The second-order valence-electron chi connectivity index (χ2n) is 9.46. The highest BCUT2D eigenvalue weighted by Crippen LogP contribution is 2.38. The number of thiophene rings is 1. The van der Waals surface area contributed by atoms with E-state index in [1.54, 1.807) is 6.20 Å². The van der Waals surface area contributed by atoms with Crippen molar-refractivity contribution in [2.75, 3.05) is 0 Å². The summed E-state index contributed by atoms with van der Waals surface area (Å²) in [4.78, 5) is 5.23. The Hall–Kier alpha value is -2.47. The first-order valence-electron chi connectivity index (χ1n) is 10.6. The van der Waals surface area contributed by atoms with Crippen LogP contribution in [0.4, 0.5) is 0 Å². The minimum Gasteiger partial charge on any atom is -0.331 e. The van der Waals surface area contributed by atoms with Gasteiger partial charge in [-0.15, -0.1) is 11.3 Å². The third-order valence-corrected chi connectivity index (χ3v) is 8.26. The van der Waals surface area contributed by atoms with Crippen molar-refractivity contribution in [2.45, 2.75) is 64.3 Å². The minimum atomic E-state index is -3.75. The van der Waals surface area contributed by atoms with E-state index in [2.05, 4.69) is 29.6 Å². The second-order valence-corrected chi connectivity index (χ2v) is 12.5.